The van der Waals surface area contributed by atoms with Crippen LogP contribution in [0.15, 0.2) is 30.3 Å². The quantitative estimate of drug-likeness (QED) is 0.662. The standard InChI is InChI=1S/C11H14O2/c1-9(11(12)13-2)8-10-6-4-3-5-7-10/h3-7,9H,8H2,1-2H3/t9-/m1/s1. The topological polar surface area (TPSA) is 26.3 Å². The van der Waals surface area contributed by atoms with E-state index >= 15 is 0 Å². The van der Waals surface area contributed by atoms with Gasteiger partial charge in [-0.3, -0.25) is 4.79 Å². The molecule has 13 heavy (non-hydrogen) atoms. The zero-order chi connectivity index (χ0) is 9.68. The minimum atomic E-state index is -0.149. The van der Waals surface area contributed by atoms with Crippen LogP contribution in [0, 0.1) is 5.92 Å². The van der Waals surface area contributed by atoms with E-state index in [0.29, 0.717) is 0 Å². The number of carbonyl (C=O) groups is 1. The van der Waals surface area contributed by atoms with Crippen molar-refractivity contribution in [3.8, 4) is 0 Å². The Bertz CT molecular complexity index is 267. The van der Waals surface area contributed by atoms with Crippen LogP contribution in [0.1, 0.15) is 12.5 Å². The Kier molecular flexibility index (Phi) is 3.50. The molecular weight excluding hydrogens is 164 g/mol. The van der Waals surface area contributed by atoms with Gasteiger partial charge in [0.05, 0.1) is 13.0 Å². The van der Waals surface area contributed by atoms with Gasteiger partial charge in [-0.2, -0.15) is 0 Å². The largest absolute Gasteiger partial charge is 0.469 e. The van der Waals surface area contributed by atoms with Gasteiger partial charge in [-0.15, -0.1) is 0 Å². The number of hydrogen-bond acceptors (Lipinski definition) is 2. The molecule has 70 valence electrons. The molecule has 0 radical (unpaired) electrons. The van der Waals surface area contributed by atoms with Crippen molar-refractivity contribution in [1.82, 2.24) is 0 Å². The van der Waals surface area contributed by atoms with Crippen LogP contribution in [-0.4, -0.2) is 13.1 Å². The van der Waals surface area contributed by atoms with Gasteiger partial charge in [-0.05, 0) is 12.0 Å². The Morgan fingerprint density at radius 2 is 2.00 bits per heavy atom. The van der Waals surface area contributed by atoms with E-state index in [4.69, 9.17) is 0 Å². The average Bonchev–Trinajstić information content (AvgIpc) is 2.18. The zero-order valence-corrected chi connectivity index (χ0v) is 7.99. The lowest BCUT2D eigenvalue weighted by atomic mass is 10.0. The Morgan fingerprint density at radius 3 is 2.54 bits per heavy atom. The highest BCUT2D eigenvalue weighted by atomic mass is 16.5. The van der Waals surface area contributed by atoms with E-state index in [1.165, 1.54) is 12.7 Å². The summed E-state index contributed by atoms with van der Waals surface area (Å²) in [6, 6.07) is 9.93. The molecule has 0 fully saturated rings. The fourth-order valence-electron chi connectivity index (χ4n) is 1.25. The van der Waals surface area contributed by atoms with Crippen LogP contribution < -0.4 is 0 Å². The fraction of sp³-hybridized carbons (Fsp3) is 0.364. The van der Waals surface area contributed by atoms with E-state index in [9.17, 15) is 4.79 Å². The summed E-state index contributed by atoms with van der Waals surface area (Å²) >= 11 is 0. The van der Waals surface area contributed by atoms with Gasteiger partial charge in [0.2, 0.25) is 0 Å². The lowest BCUT2D eigenvalue weighted by molar-refractivity contribution is -0.144. The first-order valence-electron chi connectivity index (χ1n) is 4.36. The maximum absolute atomic E-state index is 11.1. The maximum Gasteiger partial charge on any atom is 0.308 e. The Labute approximate surface area is 78.5 Å². The molecule has 1 aromatic rings. The lowest BCUT2D eigenvalue weighted by Crippen LogP contribution is -2.14. The van der Waals surface area contributed by atoms with Crippen molar-refractivity contribution in [3.63, 3.8) is 0 Å². The molecule has 0 spiro atoms. The van der Waals surface area contributed by atoms with Gasteiger partial charge >= 0.3 is 5.97 Å². The third-order valence-corrected chi connectivity index (χ3v) is 1.99. The summed E-state index contributed by atoms with van der Waals surface area (Å²) < 4.78 is 4.65. The van der Waals surface area contributed by atoms with Gasteiger partial charge in [-0.25, -0.2) is 0 Å². The van der Waals surface area contributed by atoms with Gasteiger partial charge in [-0.1, -0.05) is 37.3 Å². The number of hydrogen-bond donors (Lipinski definition) is 0. The third-order valence-electron chi connectivity index (χ3n) is 1.99. The fourth-order valence-corrected chi connectivity index (χ4v) is 1.25. The van der Waals surface area contributed by atoms with Crippen LogP contribution in [0.5, 0.6) is 0 Å². The first-order valence-corrected chi connectivity index (χ1v) is 4.36. The monoisotopic (exact) mass is 178 g/mol. The van der Waals surface area contributed by atoms with E-state index in [1.54, 1.807) is 0 Å². The molecule has 0 unspecified atom stereocenters. The highest BCUT2D eigenvalue weighted by molar-refractivity contribution is 5.72. The van der Waals surface area contributed by atoms with E-state index in [2.05, 4.69) is 4.74 Å². The number of carbonyl (C=O) groups excluding carboxylic acids is 1. The Morgan fingerprint density at radius 1 is 1.38 bits per heavy atom. The molecule has 0 aliphatic rings. The molecular formula is C11H14O2. The molecule has 1 atom stereocenters. The molecule has 0 bridgehead atoms. The average molecular weight is 178 g/mol. The number of esters is 1. The van der Waals surface area contributed by atoms with Gasteiger partial charge in [0.15, 0.2) is 0 Å². The molecule has 1 aromatic carbocycles. The third kappa shape index (κ3) is 2.90. The van der Waals surface area contributed by atoms with Crippen LogP contribution in [0.4, 0.5) is 0 Å². The number of benzene rings is 1. The molecule has 0 aliphatic carbocycles. The van der Waals surface area contributed by atoms with Gasteiger partial charge in [0, 0.05) is 0 Å². The van der Waals surface area contributed by atoms with Crippen LogP contribution in [0.2, 0.25) is 0 Å². The van der Waals surface area contributed by atoms with Crippen molar-refractivity contribution in [2.24, 2.45) is 5.92 Å². The van der Waals surface area contributed by atoms with Gasteiger partial charge in [0.1, 0.15) is 0 Å². The van der Waals surface area contributed by atoms with Crippen LogP contribution in [0.25, 0.3) is 0 Å². The molecule has 0 amide bonds. The summed E-state index contributed by atoms with van der Waals surface area (Å²) in [5.74, 6) is -0.212. The number of ether oxygens (including phenoxy) is 1. The van der Waals surface area contributed by atoms with Gasteiger partial charge < -0.3 is 4.74 Å². The normalized spacial score (nSPS) is 12.2. The molecule has 1 rings (SSSR count). The summed E-state index contributed by atoms with van der Waals surface area (Å²) in [5, 5.41) is 0. The number of rotatable bonds is 3. The predicted octanol–water partition coefficient (Wildman–Crippen LogP) is 2.04. The van der Waals surface area contributed by atoms with Crippen molar-refractivity contribution in [2.75, 3.05) is 7.11 Å². The van der Waals surface area contributed by atoms with Crippen molar-refractivity contribution >= 4 is 5.97 Å². The van der Waals surface area contributed by atoms with E-state index in [0.717, 1.165) is 6.42 Å². The van der Waals surface area contributed by atoms with Crippen LogP contribution in [-0.2, 0) is 16.0 Å². The molecule has 0 aromatic heterocycles. The summed E-state index contributed by atoms with van der Waals surface area (Å²) in [4.78, 5) is 11.1. The van der Waals surface area contributed by atoms with Crippen molar-refractivity contribution < 1.29 is 9.53 Å². The first kappa shape index (κ1) is 9.78. The highest BCUT2D eigenvalue weighted by Crippen LogP contribution is 2.08. The van der Waals surface area contributed by atoms with E-state index in [-0.39, 0.29) is 11.9 Å². The molecule has 0 heterocycles. The molecule has 2 heteroatoms. The van der Waals surface area contributed by atoms with E-state index < -0.39 is 0 Å². The zero-order valence-electron chi connectivity index (χ0n) is 7.99. The predicted molar refractivity (Wildman–Crippen MR) is 51.3 cm³/mol. The maximum atomic E-state index is 11.1. The summed E-state index contributed by atoms with van der Waals surface area (Å²) in [6.45, 7) is 1.87. The molecule has 0 aliphatic heterocycles. The second-order valence-electron chi connectivity index (χ2n) is 3.11. The molecule has 0 saturated carbocycles. The molecule has 2 nitrogen and oxygen atoms in total. The summed E-state index contributed by atoms with van der Waals surface area (Å²) in [6.07, 6.45) is 0.744. The van der Waals surface area contributed by atoms with Crippen LogP contribution >= 0.6 is 0 Å². The smallest absolute Gasteiger partial charge is 0.308 e. The lowest BCUT2D eigenvalue weighted by Gasteiger charge is -2.08. The van der Waals surface area contributed by atoms with Gasteiger partial charge in [0.25, 0.3) is 0 Å². The Hall–Kier alpha value is -1.31. The second-order valence-corrected chi connectivity index (χ2v) is 3.11. The minimum absolute atomic E-state index is 0.0626. The summed E-state index contributed by atoms with van der Waals surface area (Å²) in [7, 11) is 1.42. The van der Waals surface area contributed by atoms with Crippen LogP contribution in [0.3, 0.4) is 0 Å². The van der Waals surface area contributed by atoms with Crippen molar-refractivity contribution in [2.45, 2.75) is 13.3 Å². The first-order chi connectivity index (χ1) is 6.24. The molecule has 0 N–H and O–H groups in total. The highest BCUT2D eigenvalue weighted by Gasteiger charge is 2.12. The minimum Gasteiger partial charge on any atom is -0.469 e. The SMILES string of the molecule is COC(=O)[C@H](C)Cc1ccccc1. The van der Waals surface area contributed by atoms with Crippen molar-refractivity contribution in [1.29, 1.82) is 0 Å². The van der Waals surface area contributed by atoms with E-state index in [1.807, 2.05) is 37.3 Å². The van der Waals surface area contributed by atoms with Crippen molar-refractivity contribution in [3.05, 3.63) is 35.9 Å². The Balaban J connectivity index is 2.55. The number of methoxy groups -OCH3 is 1. The molecule has 0 saturated heterocycles. The second kappa shape index (κ2) is 4.65. The summed E-state index contributed by atoms with van der Waals surface area (Å²) in [5.41, 5.74) is 1.17.